The average Bonchev–Trinajstić information content (AvgIpc) is 2.84. The van der Waals surface area contributed by atoms with E-state index in [1.165, 1.54) is 13.0 Å². The van der Waals surface area contributed by atoms with E-state index in [0.717, 1.165) is 12.1 Å². The van der Waals surface area contributed by atoms with Gasteiger partial charge in [0, 0.05) is 11.6 Å². The molecule has 1 fully saturated rings. The Labute approximate surface area is 80.1 Å². The molecule has 0 amide bonds. The number of epoxide rings is 1. The molecule has 0 bridgehead atoms. The molecule has 1 aromatic carbocycles. The summed E-state index contributed by atoms with van der Waals surface area (Å²) in [4.78, 5) is 0. The number of hydrogen-bond donors (Lipinski definition) is 1. The molecule has 0 aliphatic carbocycles. The zero-order chi connectivity index (χ0) is 10.3. The van der Waals surface area contributed by atoms with Crippen LogP contribution in [0, 0.1) is 11.6 Å². The average molecular weight is 200 g/mol. The van der Waals surface area contributed by atoms with E-state index in [1.54, 1.807) is 0 Å². The van der Waals surface area contributed by atoms with Gasteiger partial charge in [0.25, 0.3) is 0 Å². The Bertz CT molecular complexity index is 359. The van der Waals surface area contributed by atoms with Crippen molar-refractivity contribution in [2.45, 2.75) is 18.6 Å². The van der Waals surface area contributed by atoms with Gasteiger partial charge in [0.15, 0.2) is 0 Å². The number of benzene rings is 1. The number of hydrogen-bond acceptors (Lipinski definition) is 2. The first-order chi connectivity index (χ1) is 6.56. The van der Waals surface area contributed by atoms with Crippen LogP contribution in [0.15, 0.2) is 18.2 Å². The number of aliphatic hydroxyl groups excluding tert-OH is 1. The van der Waals surface area contributed by atoms with Crippen LogP contribution in [0.5, 0.6) is 0 Å². The third kappa shape index (κ3) is 1.31. The Balaban J connectivity index is 2.42. The van der Waals surface area contributed by atoms with E-state index in [4.69, 9.17) is 4.74 Å². The summed E-state index contributed by atoms with van der Waals surface area (Å²) >= 11 is 0. The molecule has 14 heavy (non-hydrogen) atoms. The lowest BCUT2D eigenvalue weighted by Crippen LogP contribution is -2.25. The second-order valence-electron chi connectivity index (χ2n) is 3.48. The maximum Gasteiger partial charge on any atom is 0.145 e. The second-order valence-corrected chi connectivity index (χ2v) is 3.48. The molecule has 0 unspecified atom stereocenters. The van der Waals surface area contributed by atoms with Gasteiger partial charge in [-0.3, -0.25) is 0 Å². The van der Waals surface area contributed by atoms with E-state index < -0.39 is 23.3 Å². The van der Waals surface area contributed by atoms with Gasteiger partial charge in [-0.05, 0) is 13.0 Å². The number of ether oxygens (including phenoxy) is 1. The predicted molar refractivity (Wildman–Crippen MR) is 45.7 cm³/mol. The Morgan fingerprint density at radius 1 is 1.50 bits per heavy atom. The largest absolute Gasteiger partial charge is 0.390 e. The van der Waals surface area contributed by atoms with Gasteiger partial charge in [-0.25, -0.2) is 8.78 Å². The summed E-state index contributed by atoms with van der Waals surface area (Å²) in [6.45, 7) is 1.79. The Morgan fingerprint density at radius 2 is 2.14 bits per heavy atom. The summed E-state index contributed by atoms with van der Waals surface area (Å²) in [5, 5.41) is 9.40. The third-order valence-electron chi connectivity index (χ3n) is 2.52. The normalized spacial score (nSPS) is 27.4. The van der Waals surface area contributed by atoms with Crippen LogP contribution in [0.1, 0.15) is 12.5 Å². The standard InChI is InChI=1S/C10H10F2O2/c1-6(13)10(5-14-10)8-3-2-7(11)4-9(8)12/h2-4,6,13H,5H2,1H3/t6-,10+/m0/s1. The first kappa shape index (κ1) is 9.55. The molecule has 1 aliphatic rings. The molecule has 2 atom stereocenters. The van der Waals surface area contributed by atoms with Gasteiger partial charge >= 0.3 is 0 Å². The van der Waals surface area contributed by atoms with E-state index in [2.05, 4.69) is 0 Å². The van der Waals surface area contributed by atoms with Crippen LogP contribution in [-0.4, -0.2) is 17.8 Å². The molecule has 4 heteroatoms. The van der Waals surface area contributed by atoms with Crippen molar-refractivity contribution < 1.29 is 18.6 Å². The molecular weight excluding hydrogens is 190 g/mol. The van der Waals surface area contributed by atoms with Crippen LogP contribution in [0.25, 0.3) is 0 Å². The van der Waals surface area contributed by atoms with Crippen LogP contribution >= 0.6 is 0 Å². The highest BCUT2D eigenvalue weighted by Gasteiger charge is 2.52. The molecule has 1 aromatic rings. The van der Waals surface area contributed by atoms with Gasteiger partial charge in [0.05, 0.1) is 12.7 Å². The summed E-state index contributed by atoms with van der Waals surface area (Å²) < 4.78 is 31.0. The van der Waals surface area contributed by atoms with Crippen LogP contribution < -0.4 is 0 Å². The van der Waals surface area contributed by atoms with E-state index >= 15 is 0 Å². The zero-order valence-corrected chi connectivity index (χ0v) is 7.63. The lowest BCUT2D eigenvalue weighted by molar-refractivity contribution is 0.0863. The molecule has 76 valence electrons. The molecule has 1 saturated heterocycles. The highest BCUT2D eigenvalue weighted by molar-refractivity contribution is 5.30. The summed E-state index contributed by atoms with van der Waals surface area (Å²) in [6, 6.07) is 3.26. The zero-order valence-electron chi connectivity index (χ0n) is 7.63. The first-order valence-electron chi connectivity index (χ1n) is 4.34. The van der Waals surface area contributed by atoms with Gasteiger partial charge in [0.1, 0.15) is 17.2 Å². The van der Waals surface area contributed by atoms with E-state index in [1.807, 2.05) is 0 Å². The van der Waals surface area contributed by atoms with Crippen molar-refractivity contribution in [3.05, 3.63) is 35.4 Å². The molecule has 2 rings (SSSR count). The first-order valence-corrected chi connectivity index (χ1v) is 4.34. The molecule has 0 saturated carbocycles. The van der Waals surface area contributed by atoms with Crippen molar-refractivity contribution in [2.24, 2.45) is 0 Å². The highest BCUT2D eigenvalue weighted by Crippen LogP contribution is 2.43. The molecule has 0 aromatic heterocycles. The Kier molecular flexibility index (Phi) is 2.05. The summed E-state index contributed by atoms with van der Waals surface area (Å²) in [5.74, 6) is -1.31. The number of aliphatic hydroxyl groups is 1. The van der Waals surface area contributed by atoms with Gasteiger partial charge in [-0.15, -0.1) is 0 Å². The quantitative estimate of drug-likeness (QED) is 0.735. The lowest BCUT2D eigenvalue weighted by atomic mass is 9.94. The SMILES string of the molecule is C[C@H](O)[C@@]1(c2ccc(F)cc2F)CO1. The number of rotatable bonds is 2. The molecule has 1 N–H and O–H groups in total. The molecule has 1 aliphatic heterocycles. The maximum atomic E-state index is 13.3. The lowest BCUT2D eigenvalue weighted by Gasteiger charge is -2.15. The Hall–Kier alpha value is -1.00. The van der Waals surface area contributed by atoms with Crippen molar-refractivity contribution >= 4 is 0 Å². The minimum atomic E-state index is -0.961. The number of halogens is 2. The third-order valence-corrected chi connectivity index (χ3v) is 2.52. The molecule has 0 spiro atoms. The molecule has 1 heterocycles. The highest BCUT2D eigenvalue weighted by atomic mass is 19.1. The topological polar surface area (TPSA) is 32.8 Å². The second kappa shape index (κ2) is 3.00. The van der Waals surface area contributed by atoms with Crippen molar-refractivity contribution in [2.75, 3.05) is 6.61 Å². The monoisotopic (exact) mass is 200 g/mol. The van der Waals surface area contributed by atoms with Crippen LogP contribution in [0.3, 0.4) is 0 Å². The van der Waals surface area contributed by atoms with Crippen molar-refractivity contribution in [3.63, 3.8) is 0 Å². The maximum absolute atomic E-state index is 13.3. The predicted octanol–water partition coefficient (Wildman–Crippen LogP) is 1.57. The van der Waals surface area contributed by atoms with Crippen molar-refractivity contribution in [1.29, 1.82) is 0 Å². The minimum Gasteiger partial charge on any atom is -0.390 e. The summed E-state index contributed by atoms with van der Waals surface area (Å²) in [5.41, 5.74) is -0.744. The van der Waals surface area contributed by atoms with Gasteiger partial charge < -0.3 is 9.84 Å². The minimum absolute atomic E-state index is 0.217. The van der Waals surface area contributed by atoms with E-state index in [-0.39, 0.29) is 12.2 Å². The van der Waals surface area contributed by atoms with Crippen molar-refractivity contribution in [3.8, 4) is 0 Å². The van der Waals surface area contributed by atoms with Crippen LogP contribution in [0.2, 0.25) is 0 Å². The van der Waals surface area contributed by atoms with Gasteiger partial charge in [0.2, 0.25) is 0 Å². The van der Waals surface area contributed by atoms with E-state index in [0.29, 0.717) is 0 Å². The van der Waals surface area contributed by atoms with Gasteiger partial charge in [-0.1, -0.05) is 6.07 Å². The van der Waals surface area contributed by atoms with Crippen LogP contribution in [-0.2, 0) is 10.3 Å². The van der Waals surface area contributed by atoms with Gasteiger partial charge in [-0.2, -0.15) is 0 Å². The Morgan fingerprint density at radius 3 is 2.57 bits per heavy atom. The van der Waals surface area contributed by atoms with E-state index in [9.17, 15) is 13.9 Å². The van der Waals surface area contributed by atoms with Crippen LogP contribution in [0.4, 0.5) is 8.78 Å². The summed E-state index contributed by atoms with van der Waals surface area (Å²) in [6.07, 6.45) is -0.803. The molecule has 0 radical (unpaired) electrons. The fourth-order valence-corrected chi connectivity index (χ4v) is 1.53. The van der Waals surface area contributed by atoms with Crippen molar-refractivity contribution in [1.82, 2.24) is 0 Å². The fraction of sp³-hybridized carbons (Fsp3) is 0.400. The fourth-order valence-electron chi connectivity index (χ4n) is 1.53. The smallest absolute Gasteiger partial charge is 0.145 e. The summed E-state index contributed by atoms with van der Waals surface area (Å²) in [7, 11) is 0. The molecule has 2 nitrogen and oxygen atoms in total. The molecular formula is C10H10F2O2.